The number of rotatable bonds is 5. The van der Waals surface area contributed by atoms with Crippen molar-refractivity contribution in [1.29, 1.82) is 0 Å². The number of benzene rings is 2. The molecule has 1 aliphatic carbocycles. The van der Waals surface area contributed by atoms with Gasteiger partial charge >= 0.3 is 0 Å². The SMILES string of the molecule is Cl.O=C(c1ncn([C@H]2CCCC[C@H]2O)c1-c1ccccc1)N1CCNC[C@H]1Cc1cccc(F)c1. The van der Waals surface area contributed by atoms with E-state index in [1.807, 2.05) is 45.9 Å². The Labute approximate surface area is 211 Å². The number of imidazole rings is 1. The number of amides is 1. The summed E-state index contributed by atoms with van der Waals surface area (Å²) in [7, 11) is 0. The fourth-order valence-electron chi connectivity index (χ4n) is 5.35. The number of halogens is 2. The van der Waals surface area contributed by atoms with Crippen molar-refractivity contribution >= 4 is 18.3 Å². The maximum atomic E-state index is 13.9. The van der Waals surface area contributed by atoms with E-state index >= 15 is 0 Å². The molecule has 2 aliphatic rings. The summed E-state index contributed by atoms with van der Waals surface area (Å²) in [4.78, 5) is 20.4. The minimum Gasteiger partial charge on any atom is -0.391 e. The Hall–Kier alpha value is -2.74. The van der Waals surface area contributed by atoms with Gasteiger partial charge in [-0.15, -0.1) is 12.4 Å². The lowest BCUT2D eigenvalue weighted by Crippen LogP contribution is -2.54. The lowest BCUT2D eigenvalue weighted by Gasteiger charge is -2.36. The van der Waals surface area contributed by atoms with E-state index in [9.17, 15) is 14.3 Å². The second-order valence-corrected chi connectivity index (χ2v) is 9.32. The third kappa shape index (κ3) is 5.42. The summed E-state index contributed by atoms with van der Waals surface area (Å²) in [5.41, 5.74) is 2.96. The van der Waals surface area contributed by atoms with Gasteiger partial charge < -0.3 is 19.9 Å². The van der Waals surface area contributed by atoms with Crippen LogP contribution in [0.5, 0.6) is 0 Å². The number of nitrogens with one attached hydrogen (secondary N) is 1. The van der Waals surface area contributed by atoms with Crippen LogP contribution in [0.1, 0.15) is 47.8 Å². The van der Waals surface area contributed by atoms with Crippen molar-refractivity contribution in [3.63, 3.8) is 0 Å². The fourth-order valence-corrected chi connectivity index (χ4v) is 5.35. The van der Waals surface area contributed by atoms with Crippen LogP contribution in [0.15, 0.2) is 60.9 Å². The van der Waals surface area contributed by atoms with Crippen LogP contribution in [0.25, 0.3) is 11.3 Å². The second-order valence-electron chi connectivity index (χ2n) is 9.32. The first-order valence-corrected chi connectivity index (χ1v) is 12.2. The molecule has 186 valence electrons. The maximum absolute atomic E-state index is 13.9. The van der Waals surface area contributed by atoms with Crippen LogP contribution in [0, 0.1) is 5.82 Å². The first kappa shape index (κ1) is 25.4. The number of aliphatic hydroxyl groups excluding tert-OH is 1. The van der Waals surface area contributed by atoms with Crippen molar-refractivity contribution in [3.05, 3.63) is 78.0 Å². The average Bonchev–Trinajstić information content (AvgIpc) is 3.30. The van der Waals surface area contributed by atoms with Crippen molar-refractivity contribution in [2.24, 2.45) is 0 Å². The molecule has 2 heterocycles. The third-order valence-electron chi connectivity index (χ3n) is 7.07. The van der Waals surface area contributed by atoms with Gasteiger partial charge in [-0.2, -0.15) is 0 Å². The molecule has 1 amide bonds. The highest BCUT2D eigenvalue weighted by atomic mass is 35.5. The molecule has 8 heteroatoms. The highest BCUT2D eigenvalue weighted by molar-refractivity contribution is 5.98. The number of nitrogens with zero attached hydrogens (tertiary/aromatic N) is 3. The number of hydrogen-bond donors (Lipinski definition) is 2. The van der Waals surface area contributed by atoms with Gasteiger partial charge in [0.1, 0.15) is 5.82 Å². The van der Waals surface area contributed by atoms with Crippen LogP contribution in [0.3, 0.4) is 0 Å². The Morgan fingerprint density at radius 1 is 1.11 bits per heavy atom. The number of aromatic nitrogens is 2. The number of carbonyl (C=O) groups excluding carboxylic acids is 1. The Morgan fingerprint density at radius 2 is 1.91 bits per heavy atom. The monoisotopic (exact) mass is 498 g/mol. The molecule has 1 saturated carbocycles. The molecule has 1 saturated heterocycles. The quantitative estimate of drug-likeness (QED) is 0.552. The number of carbonyl (C=O) groups is 1. The molecule has 5 rings (SSSR count). The summed E-state index contributed by atoms with van der Waals surface area (Å²) >= 11 is 0. The van der Waals surface area contributed by atoms with Gasteiger partial charge in [0.15, 0.2) is 5.69 Å². The molecule has 0 bridgehead atoms. The fraction of sp³-hybridized carbons (Fsp3) is 0.407. The minimum atomic E-state index is -0.451. The van der Waals surface area contributed by atoms with Crippen molar-refractivity contribution in [3.8, 4) is 11.3 Å². The minimum absolute atomic E-state index is 0. The zero-order valence-corrected chi connectivity index (χ0v) is 20.5. The van der Waals surface area contributed by atoms with Gasteiger partial charge in [-0.05, 0) is 37.0 Å². The van der Waals surface area contributed by atoms with Crippen LogP contribution in [0.4, 0.5) is 4.39 Å². The van der Waals surface area contributed by atoms with Crippen LogP contribution in [0.2, 0.25) is 0 Å². The second kappa shape index (κ2) is 11.3. The molecule has 2 N–H and O–H groups in total. The van der Waals surface area contributed by atoms with Gasteiger partial charge in [0.2, 0.25) is 0 Å². The van der Waals surface area contributed by atoms with Gasteiger partial charge in [0.25, 0.3) is 5.91 Å². The van der Waals surface area contributed by atoms with Crippen molar-refractivity contribution in [2.75, 3.05) is 19.6 Å². The number of hydrogen-bond acceptors (Lipinski definition) is 4. The molecule has 1 aromatic heterocycles. The first-order valence-electron chi connectivity index (χ1n) is 12.2. The highest BCUT2D eigenvalue weighted by Crippen LogP contribution is 2.35. The molecule has 0 spiro atoms. The predicted molar refractivity (Wildman–Crippen MR) is 136 cm³/mol. The standard InChI is InChI=1S/C27H31FN4O2.ClH/c28-21-10-6-7-19(15-21)16-22-17-29-13-14-31(22)27(34)25-26(20-8-2-1-3-9-20)32(18-30-25)23-11-4-5-12-24(23)33;/h1-3,6-10,15,18,22-24,29,33H,4-5,11-14,16-17H2;1H/t22-,23+,24-;/m1./s1. The predicted octanol–water partition coefficient (Wildman–Crippen LogP) is 4.24. The van der Waals surface area contributed by atoms with Crippen LogP contribution in [-0.2, 0) is 6.42 Å². The van der Waals surface area contributed by atoms with E-state index in [1.165, 1.54) is 12.1 Å². The Morgan fingerprint density at radius 3 is 2.69 bits per heavy atom. The number of piperazine rings is 1. The van der Waals surface area contributed by atoms with Crippen molar-refractivity contribution in [2.45, 2.75) is 50.3 Å². The van der Waals surface area contributed by atoms with Crippen LogP contribution < -0.4 is 5.32 Å². The van der Waals surface area contributed by atoms with E-state index < -0.39 is 6.10 Å². The van der Waals surface area contributed by atoms with E-state index in [4.69, 9.17) is 0 Å². The lowest BCUT2D eigenvalue weighted by molar-refractivity contribution is 0.0629. The Kier molecular flexibility index (Phi) is 8.21. The van der Waals surface area contributed by atoms with Gasteiger partial charge in [-0.1, -0.05) is 55.3 Å². The van der Waals surface area contributed by atoms with Crippen LogP contribution >= 0.6 is 12.4 Å². The molecule has 2 aromatic carbocycles. The van der Waals surface area contributed by atoms with E-state index in [0.29, 0.717) is 31.7 Å². The summed E-state index contributed by atoms with van der Waals surface area (Å²) in [6, 6.07) is 16.2. The summed E-state index contributed by atoms with van der Waals surface area (Å²) in [6.45, 7) is 1.91. The smallest absolute Gasteiger partial charge is 0.275 e. The zero-order valence-electron chi connectivity index (χ0n) is 19.6. The maximum Gasteiger partial charge on any atom is 0.275 e. The summed E-state index contributed by atoms with van der Waals surface area (Å²) < 4.78 is 15.8. The highest BCUT2D eigenvalue weighted by Gasteiger charge is 2.34. The largest absolute Gasteiger partial charge is 0.391 e. The molecule has 3 atom stereocenters. The first-order chi connectivity index (χ1) is 16.6. The van der Waals surface area contributed by atoms with E-state index in [-0.39, 0.29) is 36.2 Å². The normalized spacial score (nSPS) is 22.5. The molecule has 2 fully saturated rings. The van der Waals surface area contributed by atoms with Gasteiger partial charge in [0.05, 0.1) is 24.2 Å². The van der Waals surface area contributed by atoms with Gasteiger partial charge in [-0.3, -0.25) is 4.79 Å². The van der Waals surface area contributed by atoms with Gasteiger partial charge in [0, 0.05) is 31.2 Å². The van der Waals surface area contributed by atoms with Crippen LogP contribution in [-0.4, -0.2) is 57.2 Å². The Balaban J connectivity index is 0.00000289. The summed E-state index contributed by atoms with van der Waals surface area (Å²) in [5.74, 6) is -0.388. The molecule has 6 nitrogen and oxygen atoms in total. The van der Waals surface area contributed by atoms with Crippen molar-refractivity contribution in [1.82, 2.24) is 19.8 Å². The topological polar surface area (TPSA) is 70.4 Å². The van der Waals surface area contributed by atoms with Crippen molar-refractivity contribution < 1.29 is 14.3 Å². The average molecular weight is 499 g/mol. The number of aliphatic hydroxyl groups is 1. The summed E-state index contributed by atoms with van der Waals surface area (Å²) in [6.07, 6.45) is 5.52. The lowest BCUT2D eigenvalue weighted by atomic mass is 9.92. The molecule has 3 aromatic rings. The molecule has 0 radical (unpaired) electrons. The summed E-state index contributed by atoms with van der Waals surface area (Å²) in [5, 5.41) is 14.1. The molecule has 1 aliphatic heterocycles. The zero-order chi connectivity index (χ0) is 23.5. The van der Waals surface area contributed by atoms with E-state index in [1.54, 1.807) is 12.4 Å². The molecular formula is C27H32ClFN4O2. The van der Waals surface area contributed by atoms with E-state index in [0.717, 1.165) is 42.5 Å². The molecular weight excluding hydrogens is 467 g/mol. The molecule has 0 unspecified atom stereocenters. The Bertz CT molecular complexity index is 1140. The van der Waals surface area contributed by atoms with Gasteiger partial charge in [-0.25, -0.2) is 9.37 Å². The third-order valence-corrected chi connectivity index (χ3v) is 7.07. The molecule has 35 heavy (non-hydrogen) atoms. The van der Waals surface area contributed by atoms with E-state index in [2.05, 4.69) is 10.3 Å².